The summed E-state index contributed by atoms with van der Waals surface area (Å²) in [5.74, 6) is 0.352. The van der Waals surface area contributed by atoms with Crippen LogP contribution in [0, 0.1) is 5.92 Å². The van der Waals surface area contributed by atoms with E-state index in [0.717, 1.165) is 44.9 Å². The Balaban J connectivity index is 1.83. The lowest BCUT2D eigenvalue weighted by Gasteiger charge is -2.39. The molecule has 0 radical (unpaired) electrons. The Hall–Kier alpha value is -1.84. The van der Waals surface area contributed by atoms with E-state index in [1.807, 2.05) is 35.2 Å². The predicted octanol–water partition coefficient (Wildman–Crippen LogP) is 4.94. The molecule has 2 amide bonds. The lowest BCUT2D eigenvalue weighted by atomic mass is 9.82. The van der Waals surface area contributed by atoms with Gasteiger partial charge in [0.15, 0.2) is 0 Å². The Bertz CT molecular complexity index is 619. The number of benzene rings is 1. The molecule has 0 unspecified atom stereocenters. The highest BCUT2D eigenvalue weighted by atomic mass is 16.2. The van der Waals surface area contributed by atoms with E-state index >= 15 is 0 Å². The van der Waals surface area contributed by atoms with Gasteiger partial charge in [-0.05, 0) is 50.2 Å². The lowest BCUT2D eigenvalue weighted by molar-refractivity contribution is -0.129. The Labute approximate surface area is 170 Å². The smallest absolute Gasteiger partial charge is 0.254 e. The first kappa shape index (κ1) is 20.9. The maximum Gasteiger partial charge on any atom is 0.254 e. The molecule has 2 aliphatic carbocycles. The van der Waals surface area contributed by atoms with E-state index in [2.05, 4.69) is 12.2 Å². The highest BCUT2D eigenvalue weighted by molar-refractivity contribution is 5.97. The van der Waals surface area contributed by atoms with Crippen molar-refractivity contribution in [3.8, 4) is 0 Å². The van der Waals surface area contributed by atoms with E-state index in [-0.39, 0.29) is 29.8 Å². The molecule has 3 rings (SSSR count). The van der Waals surface area contributed by atoms with Crippen molar-refractivity contribution >= 4 is 11.8 Å². The molecular formula is C24H36N2O2. The normalized spacial score (nSPS) is 19.8. The first-order valence-corrected chi connectivity index (χ1v) is 11.4. The number of hydrogen-bond donors (Lipinski definition) is 1. The fourth-order valence-electron chi connectivity index (χ4n) is 4.95. The molecule has 154 valence electrons. The molecule has 0 spiro atoms. The van der Waals surface area contributed by atoms with E-state index in [0.29, 0.717) is 12.1 Å². The molecule has 1 aromatic carbocycles. The van der Waals surface area contributed by atoms with Gasteiger partial charge in [0, 0.05) is 18.2 Å². The van der Waals surface area contributed by atoms with Crippen LogP contribution in [0.1, 0.15) is 87.9 Å². The van der Waals surface area contributed by atoms with Gasteiger partial charge in [-0.1, -0.05) is 63.6 Å². The highest BCUT2D eigenvalue weighted by Gasteiger charge is 2.37. The zero-order valence-electron chi connectivity index (χ0n) is 17.4. The van der Waals surface area contributed by atoms with Crippen LogP contribution in [-0.4, -0.2) is 35.3 Å². The summed E-state index contributed by atoms with van der Waals surface area (Å²) in [6.45, 7) is 2.72. The van der Waals surface area contributed by atoms with Gasteiger partial charge >= 0.3 is 0 Å². The number of carbonyl (C=O) groups is 2. The van der Waals surface area contributed by atoms with E-state index in [1.165, 1.54) is 25.7 Å². The molecular weight excluding hydrogens is 348 g/mol. The second-order valence-electron chi connectivity index (χ2n) is 8.55. The third kappa shape index (κ3) is 5.36. The average molecular weight is 385 g/mol. The van der Waals surface area contributed by atoms with Crippen LogP contribution in [0.15, 0.2) is 30.3 Å². The third-order valence-electron chi connectivity index (χ3n) is 6.40. The summed E-state index contributed by atoms with van der Waals surface area (Å²) in [7, 11) is 0. The van der Waals surface area contributed by atoms with Crippen LogP contribution in [0.4, 0.5) is 0 Å². The van der Waals surface area contributed by atoms with Crippen LogP contribution in [0.2, 0.25) is 0 Å². The molecule has 0 heterocycles. The largest absolute Gasteiger partial charge is 0.352 e. The standard InChI is InChI=1S/C24H36N2O2/c1-2-18-26(24(28)20-14-8-4-9-15-20)22(19-12-6-3-7-13-19)23(27)25-21-16-10-5-11-17-21/h4,8-9,14-15,19,21-22H,2-3,5-7,10-13,16-18H2,1H3,(H,25,27)/t22-/m1/s1. The minimum Gasteiger partial charge on any atom is -0.352 e. The molecule has 28 heavy (non-hydrogen) atoms. The van der Waals surface area contributed by atoms with Gasteiger partial charge in [0.05, 0.1) is 0 Å². The van der Waals surface area contributed by atoms with Gasteiger partial charge in [-0.25, -0.2) is 0 Å². The third-order valence-corrected chi connectivity index (χ3v) is 6.40. The van der Waals surface area contributed by atoms with Crippen LogP contribution < -0.4 is 5.32 Å². The molecule has 4 heteroatoms. The zero-order chi connectivity index (χ0) is 19.8. The van der Waals surface area contributed by atoms with Crippen LogP contribution >= 0.6 is 0 Å². The maximum absolute atomic E-state index is 13.5. The number of amides is 2. The Morgan fingerprint density at radius 3 is 2.18 bits per heavy atom. The minimum absolute atomic E-state index is 0.00295. The van der Waals surface area contributed by atoms with Gasteiger partial charge in [-0.2, -0.15) is 0 Å². The fraction of sp³-hybridized carbons (Fsp3) is 0.667. The molecule has 2 aliphatic rings. The molecule has 0 saturated heterocycles. The van der Waals surface area contributed by atoms with Crippen molar-refractivity contribution in [1.82, 2.24) is 10.2 Å². The van der Waals surface area contributed by atoms with Crippen LogP contribution in [0.3, 0.4) is 0 Å². The molecule has 0 bridgehead atoms. The zero-order valence-corrected chi connectivity index (χ0v) is 17.4. The average Bonchev–Trinajstić information content (AvgIpc) is 2.75. The van der Waals surface area contributed by atoms with Gasteiger partial charge in [0.1, 0.15) is 6.04 Å². The van der Waals surface area contributed by atoms with Crippen molar-refractivity contribution in [2.45, 2.75) is 89.6 Å². The first-order chi connectivity index (χ1) is 13.7. The van der Waals surface area contributed by atoms with Crippen molar-refractivity contribution in [3.05, 3.63) is 35.9 Å². The second-order valence-corrected chi connectivity index (χ2v) is 8.55. The quantitative estimate of drug-likeness (QED) is 0.724. The van der Waals surface area contributed by atoms with Gasteiger partial charge < -0.3 is 10.2 Å². The Morgan fingerprint density at radius 2 is 1.57 bits per heavy atom. The molecule has 1 N–H and O–H groups in total. The summed E-state index contributed by atoms with van der Waals surface area (Å²) in [6.07, 6.45) is 12.3. The van der Waals surface area contributed by atoms with Gasteiger partial charge in [0.2, 0.25) is 5.91 Å². The van der Waals surface area contributed by atoms with Crippen molar-refractivity contribution < 1.29 is 9.59 Å². The van der Waals surface area contributed by atoms with Crippen LogP contribution in [0.25, 0.3) is 0 Å². The molecule has 1 atom stereocenters. The Morgan fingerprint density at radius 1 is 0.964 bits per heavy atom. The van der Waals surface area contributed by atoms with Crippen LogP contribution in [0.5, 0.6) is 0 Å². The monoisotopic (exact) mass is 384 g/mol. The summed E-state index contributed by atoms with van der Waals surface area (Å²) >= 11 is 0. The highest BCUT2D eigenvalue weighted by Crippen LogP contribution is 2.31. The van der Waals surface area contributed by atoms with E-state index in [4.69, 9.17) is 0 Å². The van der Waals surface area contributed by atoms with Crippen molar-refractivity contribution in [2.24, 2.45) is 5.92 Å². The molecule has 4 nitrogen and oxygen atoms in total. The number of nitrogens with one attached hydrogen (secondary N) is 1. The maximum atomic E-state index is 13.5. The summed E-state index contributed by atoms with van der Waals surface area (Å²) in [5, 5.41) is 3.33. The van der Waals surface area contributed by atoms with Crippen molar-refractivity contribution in [1.29, 1.82) is 0 Å². The summed E-state index contributed by atoms with van der Waals surface area (Å²) in [5.41, 5.74) is 0.683. The second kappa shape index (κ2) is 10.6. The Kier molecular flexibility index (Phi) is 7.93. The minimum atomic E-state index is -0.338. The lowest BCUT2D eigenvalue weighted by Crippen LogP contribution is -2.55. The first-order valence-electron chi connectivity index (χ1n) is 11.4. The van der Waals surface area contributed by atoms with Crippen molar-refractivity contribution in [2.75, 3.05) is 6.54 Å². The summed E-state index contributed by atoms with van der Waals surface area (Å²) < 4.78 is 0. The van der Waals surface area contributed by atoms with Gasteiger partial charge in [-0.3, -0.25) is 9.59 Å². The number of carbonyl (C=O) groups excluding carboxylic acids is 2. The van der Waals surface area contributed by atoms with E-state index in [1.54, 1.807) is 0 Å². The topological polar surface area (TPSA) is 49.4 Å². The molecule has 1 aromatic rings. The summed E-state index contributed by atoms with van der Waals surface area (Å²) in [6, 6.07) is 9.39. The SMILES string of the molecule is CCCN(C(=O)c1ccccc1)[C@@H](C(=O)NC1CCCCC1)C1CCCCC1. The van der Waals surface area contributed by atoms with Crippen molar-refractivity contribution in [3.63, 3.8) is 0 Å². The molecule has 0 aliphatic heterocycles. The molecule has 0 aromatic heterocycles. The summed E-state index contributed by atoms with van der Waals surface area (Å²) in [4.78, 5) is 28.7. The van der Waals surface area contributed by atoms with E-state index in [9.17, 15) is 9.59 Å². The van der Waals surface area contributed by atoms with Crippen LogP contribution in [-0.2, 0) is 4.79 Å². The van der Waals surface area contributed by atoms with Gasteiger partial charge in [0.25, 0.3) is 5.91 Å². The predicted molar refractivity (Wildman–Crippen MR) is 113 cm³/mol. The number of hydrogen-bond acceptors (Lipinski definition) is 2. The molecule has 2 saturated carbocycles. The number of rotatable bonds is 7. The number of nitrogens with zero attached hydrogens (tertiary/aromatic N) is 1. The van der Waals surface area contributed by atoms with Gasteiger partial charge in [-0.15, -0.1) is 0 Å². The van der Waals surface area contributed by atoms with E-state index < -0.39 is 0 Å². The molecule has 2 fully saturated rings. The fourth-order valence-corrected chi connectivity index (χ4v) is 4.95.